The molecule has 2 aliphatic rings. The second kappa shape index (κ2) is 9.11. The zero-order valence-corrected chi connectivity index (χ0v) is 19.7. The Morgan fingerprint density at radius 1 is 1.25 bits per heavy atom. The maximum absolute atomic E-state index is 13.2. The van der Waals surface area contributed by atoms with Gasteiger partial charge < -0.3 is 14.8 Å². The van der Waals surface area contributed by atoms with E-state index in [0.29, 0.717) is 22.0 Å². The quantitative estimate of drug-likeness (QED) is 0.661. The fourth-order valence-electron chi connectivity index (χ4n) is 4.12. The molecule has 2 aromatic rings. The van der Waals surface area contributed by atoms with Crippen molar-refractivity contribution in [2.45, 2.75) is 45.1 Å². The molecule has 4 rings (SSSR count). The van der Waals surface area contributed by atoms with Crippen molar-refractivity contribution in [3.63, 3.8) is 0 Å². The molecule has 1 aromatic heterocycles. The number of aryl methyl sites for hydroxylation is 1. The van der Waals surface area contributed by atoms with Crippen LogP contribution in [0.2, 0.25) is 0 Å². The fraction of sp³-hybridized carbons (Fsp3) is 0.455. The van der Waals surface area contributed by atoms with Crippen LogP contribution in [0, 0.1) is 0 Å². The van der Waals surface area contributed by atoms with Crippen LogP contribution in [0.15, 0.2) is 24.3 Å². The molecule has 0 saturated carbocycles. The molecule has 1 unspecified atom stereocenters. The first-order chi connectivity index (χ1) is 15.3. The number of sulfonamides is 1. The van der Waals surface area contributed by atoms with Crippen molar-refractivity contribution in [2.24, 2.45) is 0 Å². The van der Waals surface area contributed by atoms with Crippen molar-refractivity contribution in [1.29, 1.82) is 0 Å². The molecule has 32 heavy (non-hydrogen) atoms. The number of esters is 1. The Balaban J connectivity index is 1.61. The number of ether oxygens (including phenoxy) is 2. The van der Waals surface area contributed by atoms with Gasteiger partial charge in [-0.1, -0.05) is 12.1 Å². The van der Waals surface area contributed by atoms with Gasteiger partial charge in [0.25, 0.3) is 5.91 Å². The summed E-state index contributed by atoms with van der Waals surface area (Å²) >= 11 is 1.41. The topological polar surface area (TPSA) is 102 Å². The molecular formula is C22H26N2O6S2. The highest BCUT2D eigenvalue weighted by Crippen LogP contribution is 2.39. The number of carbonyl (C=O) groups is 2. The van der Waals surface area contributed by atoms with Gasteiger partial charge in [0.1, 0.15) is 10.8 Å². The first-order valence-electron chi connectivity index (χ1n) is 10.7. The van der Waals surface area contributed by atoms with Gasteiger partial charge in [0, 0.05) is 17.8 Å². The number of para-hydroxylation sites is 2. The van der Waals surface area contributed by atoms with E-state index in [1.54, 1.807) is 31.2 Å². The summed E-state index contributed by atoms with van der Waals surface area (Å²) < 4.78 is 37.0. The number of benzene rings is 1. The van der Waals surface area contributed by atoms with Crippen LogP contribution in [0.4, 0.5) is 10.7 Å². The Kier molecular flexibility index (Phi) is 6.43. The number of nitrogens with zero attached hydrogens (tertiary/aromatic N) is 1. The van der Waals surface area contributed by atoms with Crippen LogP contribution in [-0.4, -0.2) is 45.8 Å². The number of rotatable bonds is 5. The number of anilines is 2. The van der Waals surface area contributed by atoms with Crippen LogP contribution < -0.4 is 14.4 Å². The number of hydrogen-bond acceptors (Lipinski definition) is 7. The maximum atomic E-state index is 13.2. The number of fused-ring (bicyclic) bond motifs is 2. The number of thiophene rings is 1. The van der Waals surface area contributed by atoms with Crippen LogP contribution in [-0.2, 0) is 32.4 Å². The average Bonchev–Trinajstić information content (AvgIpc) is 2.97. The van der Waals surface area contributed by atoms with E-state index >= 15 is 0 Å². The van der Waals surface area contributed by atoms with Crippen molar-refractivity contribution < 1.29 is 27.5 Å². The zero-order valence-electron chi connectivity index (χ0n) is 18.0. The standard InChI is InChI=1S/C22H26N2O6S2/c1-3-29-22(26)19-14-8-4-7-11-18(14)31-21(19)23-20(25)17-12-13-24(32(2,27)28)15-9-5-6-10-16(15)30-17/h5-6,9-10,17H,3-4,7-8,11-13H2,1-2H3,(H,23,25). The summed E-state index contributed by atoms with van der Waals surface area (Å²) in [6.07, 6.45) is 4.10. The van der Waals surface area contributed by atoms with Crippen molar-refractivity contribution in [1.82, 2.24) is 0 Å². The SMILES string of the molecule is CCOC(=O)c1c(NC(=O)C2CCN(S(C)(=O)=O)c3ccccc3O2)sc2c1CCCC2. The third-order valence-electron chi connectivity index (χ3n) is 5.58. The van der Waals surface area contributed by atoms with E-state index in [1.807, 2.05) is 0 Å². The lowest BCUT2D eigenvalue weighted by Gasteiger charge is -2.20. The van der Waals surface area contributed by atoms with Gasteiger partial charge in [0.15, 0.2) is 6.10 Å². The molecule has 0 radical (unpaired) electrons. The molecule has 0 fully saturated rings. The van der Waals surface area contributed by atoms with Gasteiger partial charge in [0.2, 0.25) is 10.0 Å². The van der Waals surface area contributed by atoms with Crippen molar-refractivity contribution in [2.75, 3.05) is 29.0 Å². The highest BCUT2D eigenvalue weighted by Gasteiger charge is 2.33. The summed E-state index contributed by atoms with van der Waals surface area (Å²) in [6.45, 7) is 2.11. The summed E-state index contributed by atoms with van der Waals surface area (Å²) in [5.41, 5.74) is 1.81. The normalized spacial score (nSPS) is 18.1. The average molecular weight is 479 g/mol. The molecule has 1 atom stereocenters. The minimum Gasteiger partial charge on any atom is -0.478 e. The predicted octanol–water partition coefficient (Wildman–Crippen LogP) is 3.36. The number of amides is 1. The molecule has 0 saturated heterocycles. The lowest BCUT2D eigenvalue weighted by molar-refractivity contribution is -0.122. The lowest BCUT2D eigenvalue weighted by atomic mass is 9.95. The molecule has 1 aliphatic heterocycles. The van der Waals surface area contributed by atoms with Gasteiger partial charge in [0.05, 0.1) is 24.1 Å². The first-order valence-corrected chi connectivity index (χ1v) is 13.3. The summed E-state index contributed by atoms with van der Waals surface area (Å²) in [4.78, 5) is 26.9. The molecule has 10 heteroatoms. The molecule has 1 aromatic carbocycles. The van der Waals surface area contributed by atoms with Crippen molar-refractivity contribution in [3.8, 4) is 5.75 Å². The summed E-state index contributed by atoms with van der Waals surface area (Å²) in [7, 11) is -3.53. The molecule has 1 N–H and O–H groups in total. The van der Waals surface area contributed by atoms with Crippen molar-refractivity contribution >= 4 is 43.9 Å². The zero-order chi connectivity index (χ0) is 22.9. The number of hydrogen-bond donors (Lipinski definition) is 1. The molecule has 0 spiro atoms. The van der Waals surface area contributed by atoms with E-state index in [9.17, 15) is 18.0 Å². The molecule has 2 heterocycles. The largest absolute Gasteiger partial charge is 0.478 e. The highest BCUT2D eigenvalue weighted by molar-refractivity contribution is 7.92. The highest BCUT2D eigenvalue weighted by atomic mass is 32.2. The van der Waals surface area contributed by atoms with Gasteiger partial charge in [-0.2, -0.15) is 0 Å². The third-order valence-corrected chi connectivity index (χ3v) is 7.97. The summed E-state index contributed by atoms with van der Waals surface area (Å²) in [6, 6.07) is 6.75. The van der Waals surface area contributed by atoms with Gasteiger partial charge in [-0.15, -0.1) is 11.3 Å². The number of carbonyl (C=O) groups excluding carboxylic acids is 2. The Bertz CT molecular complexity index is 1140. The lowest BCUT2D eigenvalue weighted by Crippen LogP contribution is -2.36. The van der Waals surface area contributed by atoms with Crippen LogP contribution in [0.1, 0.15) is 47.0 Å². The Hall–Kier alpha value is -2.59. The van der Waals surface area contributed by atoms with E-state index in [4.69, 9.17) is 9.47 Å². The summed E-state index contributed by atoms with van der Waals surface area (Å²) in [5, 5.41) is 3.35. The minimum atomic E-state index is -3.53. The monoisotopic (exact) mass is 478 g/mol. The molecule has 1 aliphatic carbocycles. The Labute approximate surface area is 191 Å². The minimum absolute atomic E-state index is 0.111. The summed E-state index contributed by atoms with van der Waals surface area (Å²) in [5.74, 6) is -0.524. The molecule has 1 amide bonds. The molecule has 8 nitrogen and oxygen atoms in total. The Morgan fingerprint density at radius 3 is 2.75 bits per heavy atom. The van der Waals surface area contributed by atoms with Gasteiger partial charge in [-0.05, 0) is 50.3 Å². The second-order valence-electron chi connectivity index (χ2n) is 7.82. The predicted molar refractivity (Wildman–Crippen MR) is 123 cm³/mol. The van der Waals surface area contributed by atoms with Crippen LogP contribution >= 0.6 is 11.3 Å². The maximum Gasteiger partial charge on any atom is 0.341 e. The van der Waals surface area contributed by atoms with Crippen molar-refractivity contribution in [3.05, 3.63) is 40.3 Å². The number of nitrogens with one attached hydrogen (secondary N) is 1. The molecule has 0 bridgehead atoms. The van der Waals surface area contributed by atoms with E-state index in [1.165, 1.54) is 15.6 Å². The van der Waals surface area contributed by atoms with Crippen LogP contribution in [0.25, 0.3) is 0 Å². The van der Waals surface area contributed by atoms with E-state index in [-0.39, 0.29) is 19.6 Å². The fourth-order valence-corrected chi connectivity index (χ4v) is 6.35. The smallest absolute Gasteiger partial charge is 0.341 e. The van der Waals surface area contributed by atoms with Gasteiger partial charge in [-0.25, -0.2) is 13.2 Å². The third kappa shape index (κ3) is 4.47. The van der Waals surface area contributed by atoms with E-state index in [2.05, 4.69) is 5.32 Å². The first kappa shape index (κ1) is 22.6. The second-order valence-corrected chi connectivity index (χ2v) is 10.8. The van der Waals surface area contributed by atoms with Crippen LogP contribution in [0.5, 0.6) is 5.75 Å². The Morgan fingerprint density at radius 2 is 2.00 bits per heavy atom. The van der Waals surface area contributed by atoms with Gasteiger partial charge in [-0.3, -0.25) is 9.10 Å². The van der Waals surface area contributed by atoms with E-state index < -0.39 is 28.0 Å². The van der Waals surface area contributed by atoms with Gasteiger partial charge >= 0.3 is 5.97 Å². The molecule has 172 valence electrons. The van der Waals surface area contributed by atoms with Crippen LogP contribution in [0.3, 0.4) is 0 Å². The molecular weight excluding hydrogens is 452 g/mol. The van der Waals surface area contributed by atoms with E-state index in [0.717, 1.165) is 42.4 Å².